The third-order valence-electron chi connectivity index (χ3n) is 3.31. The molecule has 23 heavy (non-hydrogen) atoms. The van der Waals surface area contributed by atoms with Crippen molar-refractivity contribution in [2.24, 2.45) is 12.0 Å². The molecular formula is C16H24IN5O. The van der Waals surface area contributed by atoms with Gasteiger partial charge in [0, 0.05) is 33.4 Å². The largest absolute Gasteiger partial charge is 0.497 e. The maximum absolute atomic E-state index is 5.15. The standard InChI is InChI=1S/C16H23N5O.HI/c1-17-16(18-9-8-14-11-20-21(2)12-14)19-10-13-4-6-15(22-3)7-5-13;/h4-7,11-12H,8-10H2,1-3H3,(H2,17,18,19);1H. The third-order valence-corrected chi connectivity index (χ3v) is 3.31. The summed E-state index contributed by atoms with van der Waals surface area (Å²) in [5, 5.41) is 10.7. The Morgan fingerprint density at radius 1 is 1.22 bits per heavy atom. The Morgan fingerprint density at radius 3 is 2.52 bits per heavy atom. The molecule has 1 aromatic heterocycles. The number of aryl methyl sites for hydroxylation is 1. The molecule has 0 unspecified atom stereocenters. The molecule has 2 aromatic rings. The molecule has 2 rings (SSSR count). The van der Waals surface area contributed by atoms with Gasteiger partial charge in [0.2, 0.25) is 0 Å². The van der Waals surface area contributed by atoms with Gasteiger partial charge in [-0.05, 0) is 29.7 Å². The summed E-state index contributed by atoms with van der Waals surface area (Å²) in [4.78, 5) is 4.22. The van der Waals surface area contributed by atoms with E-state index in [4.69, 9.17) is 4.74 Å². The van der Waals surface area contributed by atoms with E-state index in [9.17, 15) is 0 Å². The lowest BCUT2D eigenvalue weighted by Gasteiger charge is -2.11. The summed E-state index contributed by atoms with van der Waals surface area (Å²) in [6.07, 6.45) is 4.82. The second kappa shape index (κ2) is 10.1. The summed E-state index contributed by atoms with van der Waals surface area (Å²) in [5.74, 6) is 1.66. The Labute approximate surface area is 154 Å². The van der Waals surface area contributed by atoms with Crippen molar-refractivity contribution >= 4 is 29.9 Å². The first-order valence-electron chi connectivity index (χ1n) is 7.26. The maximum atomic E-state index is 5.15. The van der Waals surface area contributed by atoms with Crippen molar-refractivity contribution < 1.29 is 4.74 Å². The number of nitrogens with one attached hydrogen (secondary N) is 2. The van der Waals surface area contributed by atoms with Crippen molar-refractivity contribution in [2.45, 2.75) is 13.0 Å². The lowest BCUT2D eigenvalue weighted by molar-refractivity contribution is 0.414. The molecule has 6 nitrogen and oxygen atoms in total. The molecule has 1 heterocycles. The van der Waals surface area contributed by atoms with Crippen LogP contribution in [0.1, 0.15) is 11.1 Å². The van der Waals surface area contributed by atoms with Gasteiger partial charge in [0.05, 0.1) is 13.3 Å². The van der Waals surface area contributed by atoms with Crippen molar-refractivity contribution in [3.63, 3.8) is 0 Å². The zero-order chi connectivity index (χ0) is 15.8. The quantitative estimate of drug-likeness (QED) is 0.419. The highest BCUT2D eigenvalue weighted by Gasteiger charge is 2.00. The van der Waals surface area contributed by atoms with E-state index in [0.717, 1.165) is 31.2 Å². The summed E-state index contributed by atoms with van der Waals surface area (Å²) in [6, 6.07) is 7.98. The normalized spacial score (nSPS) is 10.8. The Bertz CT molecular complexity index is 609. The smallest absolute Gasteiger partial charge is 0.191 e. The molecule has 0 radical (unpaired) electrons. The molecule has 0 fully saturated rings. The van der Waals surface area contributed by atoms with Crippen LogP contribution < -0.4 is 15.4 Å². The Hall–Kier alpha value is -1.77. The van der Waals surface area contributed by atoms with Gasteiger partial charge in [0.25, 0.3) is 0 Å². The number of nitrogens with zero attached hydrogens (tertiary/aromatic N) is 3. The van der Waals surface area contributed by atoms with Gasteiger partial charge in [0.15, 0.2) is 5.96 Å². The Kier molecular flexibility index (Phi) is 8.46. The number of aliphatic imine (C=N–C) groups is 1. The van der Waals surface area contributed by atoms with E-state index in [1.165, 1.54) is 11.1 Å². The van der Waals surface area contributed by atoms with E-state index >= 15 is 0 Å². The highest BCUT2D eigenvalue weighted by Crippen LogP contribution is 2.10. The Balaban J connectivity index is 0.00000264. The summed E-state index contributed by atoms with van der Waals surface area (Å²) in [6.45, 7) is 1.53. The fourth-order valence-corrected chi connectivity index (χ4v) is 2.08. The number of benzene rings is 1. The van der Waals surface area contributed by atoms with Gasteiger partial charge in [-0.15, -0.1) is 24.0 Å². The zero-order valence-electron chi connectivity index (χ0n) is 13.7. The summed E-state index contributed by atoms with van der Waals surface area (Å²) in [7, 11) is 5.36. The molecule has 0 spiro atoms. The number of hydrogen-bond acceptors (Lipinski definition) is 3. The van der Waals surface area contributed by atoms with Crippen LogP contribution in [0.3, 0.4) is 0 Å². The summed E-state index contributed by atoms with van der Waals surface area (Å²) >= 11 is 0. The van der Waals surface area contributed by atoms with Crippen molar-refractivity contribution in [3.05, 3.63) is 47.8 Å². The fraction of sp³-hybridized carbons (Fsp3) is 0.375. The van der Waals surface area contributed by atoms with Crippen LogP contribution in [0.4, 0.5) is 0 Å². The minimum atomic E-state index is 0. The molecule has 0 amide bonds. The van der Waals surface area contributed by atoms with Crippen molar-refractivity contribution in [1.29, 1.82) is 0 Å². The minimum Gasteiger partial charge on any atom is -0.497 e. The van der Waals surface area contributed by atoms with Gasteiger partial charge in [-0.3, -0.25) is 9.67 Å². The highest BCUT2D eigenvalue weighted by molar-refractivity contribution is 14.0. The van der Waals surface area contributed by atoms with E-state index in [2.05, 4.69) is 20.7 Å². The van der Waals surface area contributed by atoms with Crippen LogP contribution in [0.2, 0.25) is 0 Å². The molecule has 0 saturated carbocycles. The van der Waals surface area contributed by atoms with Gasteiger partial charge >= 0.3 is 0 Å². The first-order chi connectivity index (χ1) is 10.7. The van der Waals surface area contributed by atoms with Crippen molar-refractivity contribution in [2.75, 3.05) is 20.7 Å². The van der Waals surface area contributed by atoms with Gasteiger partial charge in [-0.25, -0.2) is 0 Å². The van der Waals surface area contributed by atoms with Crippen LogP contribution in [-0.4, -0.2) is 36.4 Å². The van der Waals surface area contributed by atoms with Crippen LogP contribution in [0, 0.1) is 0 Å². The molecule has 0 aliphatic heterocycles. The number of guanidine groups is 1. The van der Waals surface area contributed by atoms with E-state index < -0.39 is 0 Å². The molecule has 0 aliphatic rings. The molecule has 2 N–H and O–H groups in total. The van der Waals surface area contributed by atoms with E-state index in [0.29, 0.717) is 0 Å². The SMILES string of the molecule is CN=C(NCCc1cnn(C)c1)NCc1ccc(OC)cc1.I. The Morgan fingerprint density at radius 2 is 1.96 bits per heavy atom. The molecule has 0 aliphatic carbocycles. The maximum Gasteiger partial charge on any atom is 0.191 e. The molecular weight excluding hydrogens is 405 g/mol. The zero-order valence-corrected chi connectivity index (χ0v) is 16.1. The van der Waals surface area contributed by atoms with Crippen LogP contribution in [0.15, 0.2) is 41.7 Å². The third kappa shape index (κ3) is 6.47. The highest BCUT2D eigenvalue weighted by atomic mass is 127. The predicted molar refractivity (Wildman–Crippen MR) is 104 cm³/mol. The number of aromatic nitrogens is 2. The van der Waals surface area contributed by atoms with Crippen LogP contribution >= 0.6 is 24.0 Å². The monoisotopic (exact) mass is 429 g/mol. The van der Waals surface area contributed by atoms with Crippen LogP contribution in [-0.2, 0) is 20.0 Å². The summed E-state index contributed by atoms with van der Waals surface area (Å²) in [5.41, 5.74) is 2.39. The first-order valence-corrected chi connectivity index (χ1v) is 7.26. The van der Waals surface area contributed by atoms with Crippen LogP contribution in [0.5, 0.6) is 5.75 Å². The molecule has 0 saturated heterocycles. The number of rotatable bonds is 6. The molecule has 1 aromatic carbocycles. The van der Waals surface area contributed by atoms with Crippen LogP contribution in [0.25, 0.3) is 0 Å². The lowest BCUT2D eigenvalue weighted by Crippen LogP contribution is -2.37. The average Bonchev–Trinajstić information content (AvgIpc) is 2.96. The number of halogens is 1. The van der Waals surface area contributed by atoms with Crippen molar-refractivity contribution in [3.8, 4) is 5.75 Å². The van der Waals surface area contributed by atoms with Gasteiger partial charge in [-0.1, -0.05) is 12.1 Å². The second-order valence-corrected chi connectivity index (χ2v) is 4.97. The fourth-order valence-electron chi connectivity index (χ4n) is 2.08. The molecule has 0 atom stereocenters. The first kappa shape index (κ1) is 19.3. The molecule has 126 valence electrons. The van der Waals surface area contributed by atoms with E-state index in [-0.39, 0.29) is 24.0 Å². The predicted octanol–water partition coefficient (Wildman–Crippen LogP) is 1.95. The number of methoxy groups -OCH3 is 1. The topological polar surface area (TPSA) is 63.5 Å². The molecule has 7 heteroatoms. The average molecular weight is 429 g/mol. The van der Waals surface area contributed by atoms with Gasteiger partial charge < -0.3 is 15.4 Å². The van der Waals surface area contributed by atoms with Gasteiger partial charge in [0.1, 0.15) is 5.75 Å². The van der Waals surface area contributed by atoms with E-state index in [1.807, 2.05) is 48.4 Å². The summed E-state index contributed by atoms with van der Waals surface area (Å²) < 4.78 is 6.96. The number of ether oxygens (including phenoxy) is 1. The second-order valence-electron chi connectivity index (χ2n) is 4.97. The number of hydrogen-bond donors (Lipinski definition) is 2. The minimum absolute atomic E-state index is 0. The lowest BCUT2D eigenvalue weighted by atomic mass is 10.2. The van der Waals surface area contributed by atoms with Gasteiger partial charge in [-0.2, -0.15) is 5.10 Å². The van der Waals surface area contributed by atoms with Crippen molar-refractivity contribution in [1.82, 2.24) is 20.4 Å². The van der Waals surface area contributed by atoms with E-state index in [1.54, 1.807) is 14.2 Å². The molecule has 0 bridgehead atoms.